The number of methoxy groups -OCH3 is 1. The number of benzene rings is 3. The van der Waals surface area contributed by atoms with Crippen molar-refractivity contribution in [3.63, 3.8) is 0 Å². The van der Waals surface area contributed by atoms with Crippen LogP contribution in [0.15, 0.2) is 66.7 Å². The molecular formula is C32H36N2O5. The van der Waals surface area contributed by atoms with Gasteiger partial charge in [-0.3, -0.25) is 9.69 Å². The number of para-hydroxylation sites is 2. The number of carboxylic acids is 1. The number of nitrogens with zero attached hydrogens (tertiary/aromatic N) is 1. The molecule has 1 heterocycles. The van der Waals surface area contributed by atoms with Crippen molar-refractivity contribution in [2.75, 3.05) is 23.9 Å². The van der Waals surface area contributed by atoms with Crippen LogP contribution in [-0.4, -0.2) is 36.9 Å². The Hall–Kier alpha value is -4.00. The molecule has 3 aromatic carbocycles. The predicted octanol–water partition coefficient (Wildman–Crippen LogP) is 7.32. The van der Waals surface area contributed by atoms with Crippen molar-refractivity contribution < 1.29 is 24.2 Å². The number of carbonyl (C=O) groups excluding carboxylic acids is 1. The van der Waals surface area contributed by atoms with Gasteiger partial charge in [-0.2, -0.15) is 0 Å². The van der Waals surface area contributed by atoms with E-state index in [1.54, 1.807) is 12.0 Å². The first-order chi connectivity index (χ1) is 18.9. The van der Waals surface area contributed by atoms with Crippen LogP contribution in [0, 0.1) is 5.92 Å². The summed E-state index contributed by atoms with van der Waals surface area (Å²) in [6, 6.07) is 21.8. The number of ether oxygens (including phenoxy) is 2. The van der Waals surface area contributed by atoms with Gasteiger partial charge >= 0.3 is 12.0 Å². The van der Waals surface area contributed by atoms with Crippen molar-refractivity contribution in [2.24, 2.45) is 5.92 Å². The quantitative estimate of drug-likeness (QED) is 0.335. The standard InChI is InChI=1S/C32H36N2O5/c1-3-26-20-34(32(37)33-27-6-4-5-7-29(27)38-2)28-17-16-25(19-30(28)39-26)24-14-12-23(13-15-24)22-10-8-21(9-11-22)18-31(35)36/h4-7,12-17,19,21-22,26H,3,8-11,18,20H2,1-2H3,(H,33,37)(H,35,36)/t21-,22-,26?. The van der Waals surface area contributed by atoms with E-state index < -0.39 is 5.97 Å². The van der Waals surface area contributed by atoms with E-state index in [4.69, 9.17) is 14.6 Å². The van der Waals surface area contributed by atoms with Crippen LogP contribution in [-0.2, 0) is 4.79 Å². The third kappa shape index (κ3) is 6.03. The molecule has 0 spiro atoms. The van der Waals surface area contributed by atoms with Gasteiger partial charge in [0.05, 0.1) is 25.0 Å². The molecule has 39 heavy (non-hydrogen) atoms. The van der Waals surface area contributed by atoms with Crippen LogP contribution in [0.5, 0.6) is 11.5 Å². The predicted molar refractivity (Wildman–Crippen MR) is 153 cm³/mol. The Labute approximate surface area is 229 Å². The molecule has 1 atom stereocenters. The third-order valence-corrected chi connectivity index (χ3v) is 8.00. The van der Waals surface area contributed by atoms with Crippen molar-refractivity contribution in [1.29, 1.82) is 0 Å². The van der Waals surface area contributed by atoms with E-state index in [9.17, 15) is 9.59 Å². The van der Waals surface area contributed by atoms with Gasteiger partial charge < -0.3 is 19.9 Å². The van der Waals surface area contributed by atoms with Crippen molar-refractivity contribution >= 4 is 23.4 Å². The maximum atomic E-state index is 13.4. The molecule has 7 nitrogen and oxygen atoms in total. The summed E-state index contributed by atoms with van der Waals surface area (Å²) in [4.78, 5) is 26.1. The Morgan fingerprint density at radius 2 is 1.72 bits per heavy atom. The van der Waals surface area contributed by atoms with E-state index in [2.05, 4.69) is 36.5 Å². The normalized spacial score (nSPS) is 20.5. The van der Waals surface area contributed by atoms with Crippen LogP contribution in [0.4, 0.5) is 16.2 Å². The second-order valence-corrected chi connectivity index (χ2v) is 10.5. The fourth-order valence-corrected chi connectivity index (χ4v) is 5.76. The highest BCUT2D eigenvalue weighted by molar-refractivity contribution is 6.04. The van der Waals surface area contributed by atoms with Crippen molar-refractivity contribution in [1.82, 2.24) is 0 Å². The number of carbonyl (C=O) groups is 2. The Morgan fingerprint density at radius 1 is 1.00 bits per heavy atom. The van der Waals surface area contributed by atoms with Crippen LogP contribution in [0.2, 0.25) is 0 Å². The van der Waals surface area contributed by atoms with Gasteiger partial charge in [-0.15, -0.1) is 0 Å². The molecule has 1 unspecified atom stereocenters. The number of amides is 2. The molecule has 1 aliphatic carbocycles. The van der Waals surface area contributed by atoms with Crippen LogP contribution in [0.1, 0.15) is 56.9 Å². The Bertz CT molecular complexity index is 1310. The lowest BCUT2D eigenvalue weighted by atomic mass is 9.77. The van der Waals surface area contributed by atoms with Gasteiger partial charge in [-0.25, -0.2) is 4.79 Å². The highest BCUT2D eigenvalue weighted by atomic mass is 16.5. The van der Waals surface area contributed by atoms with E-state index in [0.29, 0.717) is 35.6 Å². The van der Waals surface area contributed by atoms with Crippen LogP contribution >= 0.6 is 0 Å². The zero-order valence-corrected chi connectivity index (χ0v) is 22.6. The molecule has 0 saturated heterocycles. The van der Waals surface area contributed by atoms with E-state index in [0.717, 1.165) is 48.9 Å². The summed E-state index contributed by atoms with van der Waals surface area (Å²) in [6.07, 6.45) is 4.98. The lowest BCUT2D eigenvalue weighted by Gasteiger charge is -2.35. The zero-order chi connectivity index (χ0) is 27.4. The molecule has 3 aromatic rings. The first-order valence-electron chi connectivity index (χ1n) is 13.8. The number of hydrogen-bond donors (Lipinski definition) is 2. The number of urea groups is 1. The van der Waals surface area contributed by atoms with Crippen LogP contribution < -0.4 is 19.7 Å². The van der Waals surface area contributed by atoms with Gasteiger partial charge in [0.2, 0.25) is 0 Å². The number of carboxylic acid groups (broad SMARTS) is 1. The highest BCUT2D eigenvalue weighted by Crippen LogP contribution is 2.40. The smallest absolute Gasteiger partial charge is 0.326 e. The number of hydrogen-bond acceptors (Lipinski definition) is 4. The largest absolute Gasteiger partial charge is 0.495 e. The number of nitrogens with one attached hydrogen (secondary N) is 1. The van der Waals surface area contributed by atoms with Gasteiger partial charge in [0.1, 0.15) is 17.6 Å². The fourth-order valence-electron chi connectivity index (χ4n) is 5.76. The van der Waals surface area contributed by atoms with Crippen molar-refractivity contribution in [2.45, 2.75) is 57.5 Å². The summed E-state index contributed by atoms with van der Waals surface area (Å²) in [5.41, 5.74) is 4.80. The fraction of sp³-hybridized carbons (Fsp3) is 0.375. The Kier molecular flexibility index (Phi) is 8.05. The molecule has 2 N–H and O–H groups in total. The van der Waals surface area contributed by atoms with Crippen LogP contribution in [0.3, 0.4) is 0 Å². The molecule has 7 heteroatoms. The molecule has 0 bridgehead atoms. The lowest BCUT2D eigenvalue weighted by molar-refractivity contribution is -0.138. The Morgan fingerprint density at radius 3 is 2.41 bits per heavy atom. The summed E-state index contributed by atoms with van der Waals surface area (Å²) in [7, 11) is 1.59. The maximum Gasteiger partial charge on any atom is 0.326 e. The minimum Gasteiger partial charge on any atom is -0.495 e. The minimum atomic E-state index is -0.692. The summed E-state index contributed by atoms with van der Waals surface area (Å²) in [5, 5.41) is 12.1. The second kappa shape index (κ2) is 11.8. The van der Waals surface area contributed by atoms with Crippen molar-refractivity contribution in [3.8, 4) is 22.6 Å². The van der Waals surface area contributed by atoms with Crippen LogP contribution in [0.25, 0.3) is 11.1 Å². The third-order valence-electron chi connectivity index (χ3n) is 8.00. The SMILES string of the molecule is CCC1CN(C(=O)Nc2ccccc2OC)c2ccc(-c3ccc([C@H]4CC[C@H](CC(=O)O)CC4)cc3)cc2O1. The van der Waals surface area contributed by atoms with E-state index in [1.165, 1.54) is 5.56 Å². The maximum absolute atomic E-state index is 13.4. The van der Waals surface area contributed by atoms with Gasteiger partial charge in [-0.1, -0.05) is 49.4 Å². The molecule has 2 aliphatic rings. The van der Waals surface area contributed by atoms with E-state index >= 15 is 0 Å². The van der Waals surface area contributed by atoms with E-state index in [1.807, 2.05) is 42.5 Å². The average molecular weight is 529 g/mol. The summed E-state index contributed by atoms with van der Waals surface area (Å²) < 4.78 is 11.7. The zero-order valence-electron chi connectivity index (χ0n) is 22.6. The highest BCUT2D eigenvalue weighted by Gasteiger charge is 2.30. The number of fused-ring (bicyclic) bond motifs is 1. The van der Waals surface area contributed by atoms with E-state index in [-0.39, 0.29) is 18.6 Å². The lowest BCUT2D eigenvalue weighted by Crippen LogP contribution is -2.45. The second-order valence-electron chi connectivity index (χ2n) is 10.5. The molecule has 0 radical (unpaired) electrons. The molecule has 204 valence electrons. The van der Waals surface area contributed by atoms with Gasteiger partial charge in [0.15, 0.2) is 0 Å². The first kappa shape index (κ1) is 26.6. The summed E-state index contributed by atoms with van der Waals surface area (Å²) in [6.45, 7) is 2.52. The molecule has 1 aliphatic heterocycles. The van der Waals surface area contributed by atoms with Gasteiger partial charge in [0, 0.05) is 6.42 Å². The number of aliphatic carboxylic acids is 1. The molecule has 1 fully saturated rings. The average Bonchev–Trinajstić information content (AvgIpc) is 2.96. The summed E-state index contributed by atoms with van der Waals surface area (Å²) in [5.74, 6) is 1.40. The monoisotopic (exact) mass is 528 g/mol. The first-order valence-corrected chi connectivity index (χ1v) is 13.8. The minimum absolute atomic E-state index is 0.102. The number of rotatable bonds is 7. The molecule has 5 rings (SSSR count). The molecule has 0 aromatic heterocycles. The van der Waals surface area contributed by atoms with Crippen molar-refractivity contribution in [3.05, 3.63) is 72.3 Å². The molecular weight excluding hydrogens is 492 g/mol. The molecule has 1 saturated carbocycles. The number of anilines is 2. The van der Waals surface area contributed by atoms with Gasteiger partial charge in [0.25, 0.3) is 0 Å². The molecule has 2 amide bonds. The topological polar surface area (TPSA) is 88.1 Å². The van der Waals surface area contributed by atoms with Gasteiger partial charge in [-0.05, 0) is 84.9 Å². The summed E-state index contributed by atoms with van der Waals surface area (Å²) >= 11 is 0. The Balaban J connectivity index is 1.32.